The minimum atomic E-state index is -0.728. The van der Waals surface area contributed by atoms with Gasteiger partial charge in [-0.3, -0.25) is 19.3 Å². The molecule has 13 heteroatoms. The van der Waals surface area contributed by atoms with Crippen molar-refractivity contribution in [3.63, 3.8) is 0 Å². The van der Waals surface area contributed by atoms with E-state index in [9.17, 15) is 19.5 Å². The maximum atomic E-state index is 13.0. The average molecular weight is 542 g/mol. The van der Waals surface area contributed by atoms with Crippen LogP contribution in [0.4, 0.5) is 17.5 Å². The van der Waals surface area contributed by atoms with E-state index in [2.05, 4.69) is 32.1 Å². The van der Waals surface area contributed by atoms with Gasteiger partial charge in [0.25, 0.3) is 17.4 Å². The maximum absolute atomic E-state index is 13.0. The van der Waals surface area contributed by atoms with Crippen LogP contribution in [0.2, 0.25) is 0 Å². The molecule has 2 aliphatic rings. The number of nitrogens with two attached hydrogens (primary N) is 2. The number of nitrogens with zero attached hydrogens (tertiary/aromatic N) is 5. The molecule has 0 bridgehead atoms. The van der Waals surface area contributed by atoms with Crippen molar-refractivity contribution in [3.05, 3.63) is 39.4 Å². The first-order valence-electron chi connectivity index (χ1n) is 13.5. The van der Waals surface area contributed by atoms with E-state index < -0.39 is 17.6 Å². The molecule has 2 saturated heterocycles. The van der Waals surface area contributed by atoms with Crippen molar-refractivity contribution in [2.45, 2.75) is 58.2 Å². The zero-order valence-electron chi connectivity index (χ0n) is 22.8. The van der Waals surface area contributed by atoms with Crippen molar-refractivity contribution in [1.82, 2.24) is 30.1 Å². The third kappa shape index (κ3) is 6.31. The second-order valence-electron chi connectivity index (χ2n) is 10.4. The monoisotopic (exact) mass is 541 g/mol. The number of hydrogen-bond acceptors (Lipinski definition) is 10. The van der Waals surface area contributed by atoms with E-state index in [1.165, 1.54) is 0 Å². The highest BCUT2D eigenvalue weighted by atomic mass is 16.3. The van der Waals surface area contributed by atoms with Crippen LogP contribution in [0.1, 0.15) is 59.7 Å². The number of amides is 2. The number of aromatic amines is 1. The minimum absolute atomic E-state index is 0.0342. The highest BCUT2D eigenvalue weighted by molar-refractivity contribution is 5.98. The van der Waals surface area contributed by atoms with Gasteiger partial charge < -0.3 is 36.7 Å². The Morgan fingerprint density at radius 2 is 1.87 bits per heavy atom. The number of nitrogens with one attached hydrogen (secondary N) is 2. The van der Waals surface area contributed by atoms with Gasteiger partial charge in [-0.25, -0.2) is 9.97 Å². The second kappa shape index (κ2) is 12.0. The minimum Gasteiger partial charge on any atom is -0.392 e. The average Bonchev–Trinajstić information content (AvgIpc) is 2.92. The summed E-state index contributed by atoms with van der Waals surface area (Å²) in [5.74, 6) is -0.276. The molecule has 0 aromatic carbocycles. The van der Waals surface area contributed by atoms with Gasteiger partial charge in [-0.1, -0.05) is 6.92 Å². The molecule has 2 aromatic rings. The first-order valence-corrected chi connectivity index (χ1v) is 13.5. The van der Waals surface area contributed by atoms with Gasteiger partial charge in [0.15, 0.2) is 11.6 Å². The summed E-state index contributed by atoms with van der Waals surface area (Å²) in [4.78, 5) is 55.5. The molecule has 2 atom stereocenters. The van der Waals surface area contributed by atoms with Gasteiger partial charge >= 0.3 is 0 Å². The lowest BCUT2D eigenvalue weighted by molar-refractivity contribution is 0.0491. The normalized spacial score (nSPS) is 19.6. The maximum Gasteiger partial charge on any atom is 0.291 e. The number of rotatable bonds is 7. The number of anilines is 3. The summed E-state index contributed by atoms with van der Waals surface area (Å²) in [6, 6.07) is 4.07. The zero-order chi connectivity index (χ0) is 28.3. The van der Waals surface area contributed by atoms with Crippen LogP contribution in [-0.4, -0.2) is 99.1 Å². The molecule has 0 spiro atoms. The lowest BCUT2D eigenvalue weighted by Crippen LogP contribution is -2.59. The molecule has 2 fully saturated rings. The quantitative estimate of drug-likeness (QED) is 0.318. The molecule has 0 aliphatic carbocycles. The number of piperidine rings is 1. The van der Waals surface area contributed by atoms with Gasteiger partial charge in [0.1, 0.15) is 11.5 Å². The van der Waals surface area contributed by atoms with E-state index in [0.717, 1.165) is 31.5 Å². The van der Waals surface area contributed by atoms with Crippen LogP contribution in [0.15, 0.2) is 16.9 Å². The number of aromatic nitrogens is 3. The highest BCUT2D eigenvalue weighted by Crippen LogP contribution is 2.26. The van der Waals surface area contributed by atoms with Crippen LogP contribution in [0, 0.1) is 6.92 Å². The topological polar surface area (TPSA) is 187 Å². The van der Waals surface area contributed by atoms with Crippen molar-refractivity contribution in [2.75, 3.05) is 55.6 Å². The fourth-order valence-electron chi connectivity index (χ4n) is 5.41. The number of aliphatic hydroxyl groups is 1. The molecule has 13 nitrogen and oxygen atoms in total. The first-order chi connectivity index (χ1) is 18.6. The second-order valence-corrected chi connectivity index (χ2v) is 10.4. The van der Waals surface area contributed by atoms with E-state index in [1.807, 2.05) is 16.7 Å². The number of pyridine rings is 1. The van der Waals surface area contributed by atoms with Gasteiger partial charge in [-0.05, 0) is 45.2 Å². The van der Waals surface area contributed by atoms with Gasteiger partial charge in [0, 0.05) is 57.0 Å². The summed E-state index contributed by atoms with van der Waals surface area (Å²) in [7, 11) is 0. The predicted octanol–water partition coefficient (Wildman–Crippen LogP) is -0.0463. The van der Waals surface area contributed by atoms with E-state index in [1.54, 1.807) is 19.1 Å². The van der Waals surface area contributed by atoms with Gasteiger partial charge in [0.2, 0.25) is 0 Å². The highest BCUT2D eigenvalue weighted by Gasteiger charge is 2.35. The van der Waals surface area contributed by atoms with Crippen LogP contribution in [0.5, 0.6) is 0 Å². The Morgan fingerprint density at radius 1 is 1.15 bits per heavy atom. The molecule has 0 saturated carbocycles. The molecule has 39 heavy (non-hydrogen) atoms. The van der Waals surface area contributed by atoms with Crippen molar-refractivity contribution in [3.8, 4) is 0 Å². The van der Waals surface area contributed by atoms with E-state index >= 15 is 0 Å². The number of carbonyl (C=O) groups is 2. The molecule has 0 radical (unpaired) electrons. The van der Waals surface area contributed by atoms with Crippen LogP contribution in [0.3, 0.4) is 0 Å². The number of aliphatic hydroxyl groups excluding tert-OH is 1. The van der Waals surface area contributed by atoms with Crippen molar-refractivity contribution < 1.29 is 14.7 Å². The predicted molar refractivity (Wildman–Crippen MR) is 149 cm³/mol. The molecule has 2 aromatic heterocycles. The molecular formula is C26H39N9O4. The van der Waals surface area contributed by atoms with Crippen molar-refractivity contribution >= 4 is 29.3 Å². The van der Waals surface area contributed by atoms with Crippen LogP contribution in [0.25, 0.3) is 0 Å². The Hall–Kier alpha value is -3.71. The number of piperazine rings is 1. The van der Waals surface area contributed by atoms with Gasteiger partial charge in [-0.15, -0.1) is 0 Å². The Balaban J connectivity index is 1.38. The number of hydrogen-bond donors (Lipinski definition) is 5. The van der Waals surface area contributed by atoms with E-state index in [-0.39, 0.29) is 41.6 Å². The Bertz CT molecular complexity index is 1260. The fourth-order valence-corrected chi connectivity index (χ4v) is 5.41. The Kier molecular flexibility index (Phi) is 8.70. The number of carbonyl (C=O) groups excluding carboxylic acids is 2. The third-order valence-corrected chi connectivity index (χ3v) is 7.52. The molecular weight excluding hydrogens is 502 g/mol. The summed E-state index contributed by atoms with van der Waals surface area (Å²) in [5.41, 5.74) is 12.7. The Labute approximate surface area is 227 Å². The molecule has 7 N–H and O–H groups in total. The van der Waals surface area contributed by atoms with Crippen LogP contribution in [-0.2, 0) is 0 Å². The summed E-state index contributed by atoms with van der Waals surface area (Å²) < 4.78 is 0. The SMILES string of the molecule is CCC1CN(c2nc(N)c(C(=O)NCC(C)O)[nH]c2=O)CCN1C1CCN(C(=O)c2ccc(C)nc2N)CC1. The summed E-state index contributed by atoms with van der Waals surface area (Å²) >= 11 is 0. The van der Waals surface area contributed by atoms with Crippen LogP contribution < -0.4 is 27.2 Å². The van der Waals surface area contributed by atoms with E-state index in [4.69, 9.17) is 11.5 Å². The number of likely N-dealkylation sites (tertiary alicyclic amines) is 1. The smallest absolute Gasteiger partial charge is 0.291 e. The van der Waals surface area contributed by atoms with E-state index in [0.29, 0.717) is 37.8 Å². The first kappa shape index (κ1) is 28.3. The molecule has 212 valence electrons. The molecule has 4 heterocycles. The van der Waals surface area contributed by atoms with Crippen molar-refractivity contribution in [2.24, 2.45) is 0 Å². The summed E-state index contributed by atoms with van der Waals surface area (Å²) in [6.07, 6.45) is 1.86. The molecule has 2 unspecified atom stereocenters. The van der Waals surface area contributed by atoms with Gasteiger partial charge in [-0.2, -0.15) is 0 Å². The Morgan fingerprint density at radius 3 is 2.51 bits per heavy atom. The summed E-state index contributed by atoms with van der Waals surface area (Å²) in [6.45, 7) is 8.75. The lowest BCUT2D eigenvalue weighted by Gasteiger charge is -2.47. The largest absolute Gasteiger partial charge is 0.392 e. The number of aryl methyl sites for hydroxylation is 1. The zero-order valence-corrected chi connectivity index (χ0v) is 22.8. The fraction of sp³-hybridized carbons (Fsp3) is 0.577. The molecule has 4 rings (SSSR count). The number of H-pyrrole nitrogens is 1. The summed E-state index contributed by atoms with van der Waals surface area (Å²) in [5, 5.41) is 11.9. The molecule has 2 amide bonds. The lowest BCUT2D eigenvalue weighted by atomic mass is 9.97. The standard InChI is InChI=1S/C26H39N9O4/c1-4-17-14-34(23-25(38)31-20(22(28)32-23)24(37)29-13-16(3)36)11-12-35(17)18-7-9-33(10-8-18)26(39)19-6-5-15(2)30-21(19)27/h5-6,16-18,36H,4,7-14H2,1-3H3,(H2,27,30)(H2,28,32)(H,29,37)(H,31,38). The number of nitrogen functional groups attached to an aromatic ring is 2. The molecule has 2 aliphatic heterocycles. The third-order valence-electron chi connectivity index (χ3n) is 7.52. The van der Waals surface area contributed by atoms with Gasteiger partial charge in [0.05, 0.1) is 11.7 Å². The van der Waals surface area contributed by atoms with Crippen LogP contribution >= 0.6 is 0 Å². The van der Waals surface area contributed by atoms with Crippen molar-refractivity contribution in [1.29, 1.82) is 0 Å².